The third kappa shape index (κ3) is 3.65. The summed E-state index contributed by atoms with van der Waals surface area (Å²) in [5, 5.41) is 7.65. The Labute approximate surface area is 105 Å². The van der Waals surface area contributed by atoms with Gasteiger partial charge in [-0.15, -0.1) is 0 Å². The SMILES string of the molecule is Cc1cc(F)ccc1CNCCc1ccsc1. The quantitative estimate of drug-likeness (QED) is 0.799. The van der Waals surface area contributed by atoms with Crippen molar-refractivity contribution in [1.29, 1.82) is 0 Å². The van der Waals surface area contributed by atoms with Crippen molar-refractivity contribution >= 4 is 11.3 Å². The molecule has 1 aromatic carbocycles. The zero-order valence-corrected chi connectivity index (χ0v) is 10.7. The highest BCUT2D eigenvalue weighted by Gasteiger charge is 1.99. The number of halogens is 1. The summed E-state index contributed by atoms with van der Waals surface area (Å²) >= 11 is 1.73. The van der Waals surface area contributed by atoms with E-state index in [1.165, 1.54) is 11.6 Å². The Morgan fingerprint density at radius 3 is 2.88 bits per heavy atom. The van der Waals surface area contributed by atoms with Crippen LogP contribution < -0.4 is 5.32 Å². The van der Waals surface area contributed by atoms with Gasteiger partial charge in [0.2, 0.25) is 0 Å². The monoisotopic (exact) mass is 249 g/mol. The second kappa shape index (κ2) is 5.94. The number of nitrogens with one attached hydrogen (secondary N) is 1. The average Bonchev–Trinajstić information content (AvgIpc) is 2.79. The first kappa shape index (κ1) is 12.3. The van der Waals surface area contributed by atoms with Crippen LogP contribution >= 0.6 is 11.3 Å². The van der Waals surface area contributed by atoms with E-state index in [2.05, 4.69) is 22.1 Å². The summed E-state index contributed by atoms with van der Waals surface area (Å²) in [6.45, 7) is 3.70. The van der Waals surface area contributed by atoms with Crippen molar-refractivity contribution < 1.29 is 4.39 Å². The van der Waals surface area contributed by atoms with Crippen LogP contribution in [-0.4, -0.2) is 6.54 Å². The summed E-state index contributed by atoms with van der Waals surface area (Å²) in [5.74, 6) is -0.162. The molecule has 1 heterocycles. The van der Waals surface area contributed by atoms with E-state index in [1.54, 1.807) is 17.4 Å². The summed E-state index contributed by atoms with van der Waals surface area (Å²) in [5.41, 5.74) is 3.54. The van der Waals surface area contributed by atoms with Crippen LogP contribution in [0.25, 0.3) is 0 Å². The van der Waals surface area contributed by atoms with Gasteiger partial charge >= 0.3 is 0 Å². The highest BCUT2D eigenvalue weighted by Crippen LogP contribution is 2.10. The molecule has 2 aromatic rings. The van der Waals surface area contributed by atoms with E-state index in [0.717, 1.165) is 30.6 Å². The Morgan fingerprint density at radius 1 is 1.29 bits per heavy atom. The molecular weight excluding hydrogens is 233 g/mol. The fraction of sp³-hybridized carbons (Fsp3) is 0.286. The highest BCUT2D eigenvalue weighted by atomic mass is 32.1. The lowest BCUT2D eigenvalue weighted by Crippen LogP contribution is -2.17. The Morgan fingerprint density at radius 2 is 2.18 bits per heavy atom. The smallest absolute Gasteiger partial charge is 0.123 e. The van der Waals surface area contributed by atoms with Crippen molar-refractivity contribution in [2.24, 2.45) is 0 Å². The maximum atomic E-state index is 12.9. The van der Waals surface area contributed by atoms with Crippen LogP contribution in [0, 0.1) is 12.7 Å². The van der Waals surface area contributed by atoms with Crippen LogP contribution in [0.1, 0.15) is 16.7 Å². The van der Waals surface area contributed by atoms with Crippen LogP contribution in [0.15, 0.2) is 35.0 Å². The van der Waals surface area contributed by atoms with Crippen LogP contribution in [0.4, 0.5) is 4.39 Å². The number of hydrogen-bond donors (Lipinski definition) is 1. The second-order valence-corrected chi connectivity index (χ2v) is 4.91. The van der Waals surface area contributed by atoms with Gasteiger partial charge in [0.05, 0.1) is 0 Å². The predicted molar refractivity (Wildman–Crippen MR) is 70.9 cm³/mol. The minimum absolute atomic E-state index is 0.162. The second-order valence-electron chi connectivity index (χ2n) is 4.13. The summed E-state index contributed by atoms with van der Waals surface area (Å²) in [6, 6.07) is 7.09. The van der Waals surface area contributed by atoms with Crippen LogP contribution in [0.3, 0.4) is 0 Å². The van der Waals surface area contributed by atoms with E-state index in [1.807, 2.05) is 13.0 Å². The van der Waals surface area contributed by atoms with E-state index < -0.39 is 0 Å². The van der Waals surface area contributed by atoms with Gasteiger partial charge in [-0.1, -0.05) is 6.07 Å². The highest BCUT2D eigenvalue weighted by molar-refractivity contribution is 7.07. The molecule has 0 aliphatic heterocycles. The zero-order chi connectivity index (χ0) is 12.1. The maximum Gasteiger partial charge on any atom is 0.123 e. The number of thiophene rings is 1. The van der Waals surface area contributed by atoms with Gasteiger partial charge in [-0.05, 0) is 65.5 Å². The van der Waals surface area contributed by atoms with E-state index in [-0.39, 0.29) is 5.82 Å². The van der Waals surface area contributed by atoms with E-state index in [9.17, 15) is 4.39 Å². The van der Waals surface area contributed by atoms with Gasteiger partial charge in [-0.2, -0.15) is 11.3 Å². The van der Waals surface area contributed by atoms with E-state index >= 15 is 0 Å². The Balaban J connectivity index is 1.78. The van der Waals surface area contributed by atoms with Crippen LogP contribution in [0.5, 0.6) is 0 Å². The van der Waals surface area contributed by atoms with Gasteiger partial charge in [0, 0.05) is 6.54 Å². The molecule has 2 rings (SSSR count). The molecule has 0 amide bonds. The van der Waals surface area contributed by atoms with Crippen LogP contribution in [-0.2, 0) is 13.0 Å². The summed E-state index contributed by atoms with van der Waals surface area (Å²) < 4.78 is 12.9. The third-order valence-corrected chi connectivity index (χ3v) is 3.52. The van der Waals surface area contributed by atoms with Crippen molar-refractivity contribution in [2.75, 3.05) is 6.54 Å². The average molecular weight is 249 g/mol. The fourth-order valence-electron chi connectivity index (χ4n) is 1.75. The molecule has 0 unspecified atom stereocenters. The first-order valence-corrected chi connectivity index (χ1v) is 6.67. The van der Waals surface area contributed by atoms with Gasteiger partial charge < -0.3 is 5.32 Å². The lowest BCUT2D eigenvalue weighted by Gasteiger charge is -2.07. The molecule has 0 radical (unpaired) electrons. The molecule has 1 aromatic heterocycles. The minimum atomic E-state index is -0.162. The summed E-state index contributed by atoms with van der Waals surface area (Å²) in [7, 11) is 0. The first-order valence-electron chi connectivity index (χ1n) is 5.72. The molecule has 0 bridgehead atoms. The first-order chi connectivity index (χ1) is 8.25. The van der Waals surface area contributed by atoms with Gasteiger partial charge in [0.25, 0.3) is 0 Å². The molecule has 0 aliphatic rings. The minimum Gasteiger partial charge on any atom is -0.312 e. The number of rotatable bonds is 5. The summed E-state index contributed by atoms with van der Waals surface area (Å²) in [4.78, 5) is 0. The zero-order valence-electron chi connectivity index (χ0n) is 9.87. The molecule has 0 saturated carbocycles. The maximum absolute atomic E-state index is 12.9. The van der Waals surface area contributed by atoms with Crippen molar-refractivity contribution in [3.05, 3.63) is 57.5 Å². The number of benzene rings is 1. The largest absolute Gasteiger partial charge is 0.312 e. The molecular formula is C14H16FNS. The van der Waals surface area contributed by atoms with Gasteiger partial charge in [-0.25, -0.2) is 4.39 Å². The van der Waals surface area contributed by atoms with Gasteiger partial charge in [-0.3, -0.25) is 0 Å². The Kier molecular flexibility index (Phi) is 4.29. The molecule has 0 atom stereocenters. The molecule has 1 nitrogen and oxygen atoms in total. The van der Waals surface area contributed by atoms with Crippen molar-refractivity contribution in [1.82, 2.24) is 5.32 Å². The van der Waals surface area contributed by atoms with E-state index in [0.29, 0.717) is 0 Å². The molecule has 1 N–H and O–H groups in total. The molecule has 3 heteroatoms. The molecule has 0 aliphatic carbocycles. The standard InChI is InChI=1S/C14H16FNS/c1-11-8-14(15)3-2-13(11)9-16-6-4-12-5-7-17-10-12/h2-3,5,7-8,10,16H,4,6,9H2,1H3. The topological polar surface area (TPSA) is 12.0 Å². The Hall–Kier alpha value is -1.19. The van der Waals surface area contributed by atoms with Crippen molar-refractivity contribution in [3.63, 3.8) is 0 Å². The van der Waals surface area contributed by atoms with Gasteiger partial charge in [0.15, 0.2) is 0 Å². The normalized spacial score (nSPS) is 10.7. The Bertz CT molecular complexity index is 465. The number of aryl methyl sites for hydroxylation is 1. The predicted octanol–water partition coefficient (Wildman–Crippen LogP) is 3.53. The molecule has 90 valence electrons. The molecule has 0 saturated heterocycles. The van der Waals surface area contributed by atoms with Crippen molar-refractivity contribution in [3.8, 4) is 0 Å². The van der Waals surface area contributed by atoms with Crippen molar-refractivity contribution in [2.45, 2.75) is 19.9 Å². The van der Waals surface area contributed by atoms with Gasteiger partial charge in [0.1, 0.15) is 5.82 Å². The molecule has 0 fully saturated rings. The fourth-order valence-corrected chi connectivity index (χ4v) is 2.45. The lowest BCUT2D eigenvalue weighted by molar-refractivity contribution is 0.623. The molecule has 17 heavy (non-hydrogen) atoms. The third-order valence-electron chi connectivity index (χ3n) is 2.79. The summed E-state index contributed by atoms with van der Waals surface area (Å²) in [6.07, 6.45) is 1.05. The van der Waals surface area contributed by atoms with Crippen LogP contribution in [0.2, 0.25) is 0 Å². The lowest BCUT2D eigenvalue weighted by atomic mass is 10.1. The van der Waals surface area contributed by atoms with E-state index in [4.69, 9.17) is 0 Å². The molecule has 0 spiro atoms. The number of hydrogen-bond acceptors (Lipinski definition) is 2.